The molecule has 0 spiro atoms. The maximum atomic E-state index is 12.0. The summed E-state index contributed by atoms with van der Waals surface area (Å²) in [5.41, 5.74) is 1.91. The number of ether oxygens (including phenoxy) is 1. The molecule has 3 N–H and O–H groups in total. The van der Waals surface area contributed by atoms with Crippen LogP contribution < -0.4 is 20.7 Å². The third-order valence-corrected chi connectivity index (χ3v) is 3.94. The number of guanidine groups is 1. The van der Waals surface area contributed by atoms with Gasteiger partial charge in [-0.2, -0.15) is 0 Å². The molecule has 1 amide bonds. The zero-order valence-corrected chi connectivity index (χ0v) is 18.9. The predicted molar refractivity (Wildman–Crippen MR) is 122 cm³/mol. The van der Waals surface area contributed by atoms with E-state index in [2.05, 4.69) is 20.9 Å². The second-order valence-electron chi connectivity index (χ2n) is 5.94. The largest absolute Gasteiger partial charge is 0.494 e. The molecule has 0 fully saturated rings. The molecule has 0 aliphatic rings. The van der Waals surface area contributed by atoms with Gasteiger partial charge in [0, 0.05) is 37.8 Å². The van der Waals surface area contributed by atoms with Crippen molar-refractivity contribution in [2.24, 2.45) is 4.99 Å². The fraction of sp³-hybridized carbons (Fsp3) is 0.400. The van der Waals surface area contributed by atoms with Crippen LogP contribution in [0.4, 0.5) is 0 Å². The van der Waals surface area contributed by atoms with E-state index in [-0.39, 0.29) is 29.9 Å². The number of aliphatic imine (C=N–C) groups is 1. The number of furan rings is 1. The first-order chi connectivity index (χ1) is 13.2. The molecule has 0 aliphatic carbocycles. The molecule has 8 heteroatoms. The number of hydrogen-bond acceptors (Lipinski definition) is 4. The Hall–Kier alpha value is -2.23. The summed E-state index contributed by atoms with van der Waals surface area (Å²) in [4.78, 5) is 16.2. The van der Waals surface area contributed by atoms with Crippen molar-refractivity contribution in [3.8, 4) is 5.75 Å². The van der Waals surface area contributed by atoms with E-state index < -0.39 is 0 Å². The van der Waals surface area contributed by atoms with Crippen LogP contribution >= 0.6 is 24.0 Å². The van der Waals surface area contributed by atoms with Crippen molar-refractivity contribution in [2.45, 2.75) is 26.8 Å². The van der Waals surface area contributed by atoms with E-state index in [1.165, 1.54) is 6.26 Å². The van der Waals surface area contributed by atoms with Crippen molar-refractivity contribution in [1.29, 1.82) is 0 Å². The van der Waals surface area contributed by atoms with Gasteiger partial charge in [0.05, 0.1) is 12.9 Å². The minimum absolute atomic E-state index is 0. The SMILES string of the molecule is CCOc1ccccc1CNC(=NC)NCCCNC(=O)c1occc1C.I. The summed E-state index contributed by atoms with van der Waals surface area (Å²) in [5.74, 6) is 1.76. The predicted octanol–water partition coefficient (Wildman–Crippen LogP) is 3.09. The number of nitrogens with one attached hydrogen (secondary N) is 3. The molecule has 7 nitrogen and oxygen atoms in total. The molecule has 0 atom stereocenters. The van der Waals surface area contributed by atoms with Gasteiger partial charge in [-0.25, -0.2) is 0 Å². The first-order valence-corrected chi connectivity index (χ1v) is 9.13. The first kappa shape index (κ1) is 23.8. The summed E-state index contributed by atoms with van der Waals surface area (Å²) in [6.07, 6.45) is 2.28. The Morgan fingerprint density at radius 2 is 1.89 bits per heavy atom. The van der Waals surface area contributed by atoms with Gasteiger partial charge in [0.1, 0.15) is 5.75 Å². The molecule has 0 saturated carbocycles. The number of carbonyl (C=O) groups is 1. The van der Waals surface area contributed by atoms with E-state index in [9.17, 15) is 4.79 Å². The van der Waals surface area contributed by atoms with Gasteiger partial charge in [0.15, 0.2) is 11.7 Å². The van der Waals surface area contributed by atoms with Gasteiger partial charge >= 0.3 is 0 Å². The Labute approximate surface area is 183 Å². The average molecular weight is 500 g/mol. The first-order valence-electron chi connectivity index (χ1n) is 9.13. The lowest BCUT2D eigenvalue weighted by Crippen LogP contribution is -2.38. The molecule has 154 valence electrons. The van der Waals surface area contributed by atoms with E-state index in [0.717, 1.165) is 23.3 Å². The molecule has 0 aliphatic heterocycles. The number of amides is 1. The van der Waals surface area contributed by atoms with Gasteiger partial charge < -0.3 is 25.1 Å². The van der Waals surface area contributed by atoms with Crippen LogP contribution in [-0.4, -0.2) is 38.6 Å². The summed E-state index contributed by atoms with van der Waals surface area (Å²) in [5, 5.41) is 9.35. The van der Waals surface area contributed by atoms with Crippen molar-refractivity contribution in [2.75, 3.05) is 26.7 Å². The number of aryl methyl sites for hydroxylation is 1. The van der Waals surface area contributed by atoms with E-state index in [4.69, 9.17) is 9.15 Å². The minimum atomic E-state index is -0.187. The lowest BCUT2D eigenvalue weighted by atomic mass is 10.2. The van der Waals surface area contributed by atoms with E-state index in [0.29, 0.717) is 38.0 Å². The number of benzene rings is 1. The fourth-order valence-corrected chi connectivity index (χ4v) is 2.53. The normalized spacial score (nSPS) is 10.8. The zero-order valence-electron chi connectivity index (χ0n) is 16.6. The van der Waals surface area contributed by atoms with Crippen LogP contribution in [-0.2, 0) is 6.54 Å². The third kappa shape index (κ3) is 7.41. The molecule has 0 radical (unpaired) electrons. The minimum Gasteiger partial charge on any atom is -0.494 e. The summed E-state index contributed by atoms with van der Waals surface area (Å²) in [7, 11) is 1.73. The van der Waals surface area contributed by atoms with Gasteiger partial charge in [0.25, 0.3) is 5.91 Å². The Kier molecular flexibility index (Phi) is 11.1. The van der Waals surface area contributed by atoms with Crippen LogP contribution in [0.15, 0.2) is 46.0 Å². The number of rotatable bonds is 9. The van der Waals surface area contributed by atoms with Crippen LogP contribution in [0.5, 0.6) is 5.75 Å². The highest BCUT2D eigenvalue weighted by Gasteiger charge is 2.11. The second-order valence-corrected chi connectivity index (χ2v) is 5.94. The number of hydrogen-bond donors (Lipinski definition) is 3. The molecular formula is C20H29IN4O3. The number of para-hydroxylation sites is 1. The maximum Gasteiger partial charge on any atom is 0.287 e. The Morgan fingerprint density at radius 3 is 2.57 bits per heavy atom. The van der Waals surface area contributed by atoms with Crippen LogP contribution in [0, 0.1) is 6.92 Å². The summed E-state index contributed by atoms with van der Waals surface area (Å²) >= 11 is 0. The second kappa shape index (κ2) is 13.0. The fourth-order valence-electron chi connectivity index (χ4n) is 2.53. The molecule has 2 rings (SSSR count). The van der Waals surface area contributed by atoms with Gasteiger partial charge in [-0.05, 0) is 32.4 Å². The van der Waals surface area contributed by atoms with Crippen LogP contribution in [0.2, 0.25) is 0 Å². The van der Waals surface area contributed by atoms with Gasteiger partial charge in [0.2, 0.25) is 0 Å². The van der Waals surface area contributed by atoms with Crippen LogP contribution in [0.3, 0.4) is 0 Å². The number of carbonyl (C=O) groups excluding carboxylic acids is 1. The van der Waals surface area contributed by atoms with Crippen molar-refractivity contribution in [3.05, 3.63) is 53.5 Å². The molecule has 1 aromatic carbocycles. The lowest BCUT2D eigenvalue weighted by Gasteiger charge is -2.14. The zero-order chi connectivity index (χ0) is 19.5. The maximum absolute atomic E-state index is 12.0. The molecule has 0 unspecified atom stereocenters. The van der Waals surface area contributed by atoms with Crippen molar-refractivity contribution in [3.63, 3.8) is 0 Å². The van der Waals surface area contributed by atoms with Crippen LogP contribution in [0.25, 0.3) is 0 Å². The third-order valence-electron chi connectivity index (χ3n) is 3.94. The van der Waals surface area contributed by atoms with Crippen molar-refractivity contribution < 1.29 is 13.9 Å². The number of nitrogens with zero attached hydrogens (tertiary/aromatic N) is 1. The Bertz CT molecular complexity index is 761. The average Bonchev–Trinajstić information content (AvgIpc) is 3.11. The highest BCUT2D eigenvalue weighted by molar-refractivity contribution is 14.0. The summed E-state index contributed by atoms with van der Waals surface area (Å²) < 4.78 is 10.8. The summed E-state index contributed by atoms with van der Waals surface area (Å²) in [6, 6.07) is 9.70. The lowest BCUT2D eigenvalue weighted by molar-refractivity contribution is 0.0925. The van der Waals surface area contributed by atoms with E-state index in [1.807, 2.05) is 38.1 Å². The smallest absolute Gasteiger partial charge is 0.287 e. The van der Waals surface area contributed by atoms with Crippen molar-refractivity contribution in [1.82, 2.24) is 16.0 Å². The van der Waals surface area contributed by atoms with Crippen LogP contribution in [0.1, 0.15) is 35.0 Å². The molecule has 2 aromatic rings. The Morgan fingerprint density at radius 1 is 1.14 bits per heavy atom. The van der Waals surface area contributed by atoms with Crippen molar-refractivity contribution >= 4 is 35.8 Å². The van der Waals surface area contributed by atoms with Gasteiger partial charge in [-0.15, -0.1) is 24.0 Å². The number of halogens is 1. The highest BCUT2D eigenvalue weighted by atomic mass is 127. The summed E-state index contributed by atoms with van der Waals surface area (Å²) in [6.45, 7) is 6.30. The Balaban J connectivity index is 0.00000392. The highest BCUT2D eigenvalue weighted by Crippen LogP contribution is 2.17. The van der Waals surface area contributed by atoms with E-state index in [1.54, 1.807) is 13.1 Å². The molecule has 28 heavy (non-hydrogen) atoms. The van der Waals surface area contributed by atoms with Gasteiger partial charge in [-0.3, -0.25) is 9.79 Å². The standard InChI is InChI=1S/C20H28N4O3.HI/c1-4-26-17-9-6-5-8-16(17)14-24-20(21-3)23-12-7-11-22-19(25)18-15(2)10-13-27-18;/h5-6,8-10,13H,4,7,11-12,14H2,1-3H3,(H,22,25)(H2,21,23,24);1H. The molecule has 1 heterocycles. The topological polar surface area (TPSA) is 87.9 Å². The monoisotopic (exact) mass is 500 g/mol. The molecule has 1 aromatic heterocycles. The molecular weight excluding hydrogens is 471 g/mol. The molecule has 0 bridgehead atoms. The van der Waals surface area contributed by atoms with E-state index >= 15 is 0 Å². The quantitative estimate of drug-likeness (QED) is 0.213. The molecule has 0 saturated heterocycles. The van der Waals surface area contributed by atoms with Gasteiger partial charge in [-0.1, -0.05) is 18.2 Å².